The molecule has 2 heterocycles. The Morgan fingerprint density at radius 2 is 2.43 bits per heavy atom. The quantitative estimate of drug-likeness (QED) is 0.876. The van der Waals surface area contributed by atoms with E-state index in [4.69, 9.17) is 10.2 Å². The lowest BCUT2D eigenvalue weighted by Crippen LogP contribution is -2.04. The average Bonchev–Trinajstić information content (AvgIpc) is 2.76. The summed E-state index contributed by atoms with van der Waals surface area (Å²) < 4.78 is 8.27. The molecule has 0 bridgehead atoms. The van der Waals surface area contributed by atoms with Crippen molar-refractivity contribution in [1.82, 2.24) is 9.78 Å². The number of hydrogen-bond donors (Lipinski definition) is 1. The first-order chi connectivity index (χ1) is 6.79. The fourth-order valence-electron chi connectivity index (χ4n) is 1.26. The van der Waals surface area contributed by atoms with Crippen LogP contribution in [0.5, 0.6) is 0 Å². The molecule has 0 atom stereocenters. The van der Waals surface area contributed by atoms with Crippen molar-refractivity contribution in [2.45, 2.75) is 13.1 Å². The minimum atomic E-state index is 0.504. The number of aromatic nitrogens is 2. The van der Waals surface area contributed by atoms with Crippen LogP contribution in [0.3, 0.4) is 0 Å². The van der Waals surface area contributed by atoms with Gasteiger partial charge in [0.25, 0.3) is 0 Å². The standard InChI is InChI=1S/C9H10IN3O/c10-8-4-12-13(5-8)6-9-7(3-11)1-2-14-9/h1-2,4-5H,3,6,11H2. The number of nitrogens with zero attached hydrogens (tertiary/aromatic N) is 2. The van der Waals surface area contributed by atoms with Gasteiger partial charge in [0.1, 0.15) is 5.76 Å². The molecule has 2 aromatic heterocycles. The summed E-state index contributed by atoms with van der Waals surface area (Å²) in [6.45, 7) is 1.15. The van der Waals surface area contributed by atoms with Crippen molar-refractivity contribution < 1.29 is 4.42 Å². The van der Waals surface area contributed by atoms with Crippen molar-refractivity contribution in [3.63, 3.8) is 0 Å². The summed E-state index contributed by atoms with van der Waals surface area (Å²) in [5.74, 6) is 0.881. The zero-order valence-electron chi connectivity index (χ0n) is 7.48. The number of rotatable bonds is 3. The summed E-state index contributed by atoms with van der Waals surface area (Å²) in [5, 5.41) is 4.17. The molecule has 2 N–H and O–H groups in total. The van der Waals surface area contributed by atoms with Crippen molar-refractivity contribution >= 4 is 22.6 Å². The van der Waals surface area contributed by atoms with Gasteiger partial charge < -0.3 is 10.2 Å². The summed E-state index contributed by atoms with van der Waals surface area (Å²) >= 11 is 2.22. The van der Waals surface area contributed by atoms with Gasteiger partial charge >= 0.3 is 0 Å². The van der Waals surface area contributed by atoms with Crippen LogP contribution in [0.1, 0.15) is 11.3 Å². The van der Waals surface area contributed by atoms with E-state index >= 15 is 0 Å². The van der Waals surface area contributed by atoms with Crippen LogP contribution in [0, 0.1) is 3.57 Å². The van der Waals surface area contributed by atoms with Gasteiger partial charge in [0.05, 0.1) is 22.6 Å². The minimum Gasteiger partial charge on any atom is -0.467 e. The highest BCUT2D eigenvalue weighted by molar-refractivity contribution is 14.1. The fraction of sp³-hybridized carbons (Fsp3) is 0.222. The molecule has 4 nitrogen and oxygen atoms in total. The summed E-state index contributed by atoms with van der Waals surface area (Å²) in [6.07, 6.45) is 5.43. The SMILES string of the molecule is NCc1ccoc1Cn1cc(I)cn1. The van der Waals surface area contributed by atoms with Crippen LogP contribution in [-0.4, -0.2) is 9.78 Å². The number of nitrogens with two attached hydrogens (primary N) is 1. The third kappa shape index (κ3) is 1.98. The van der Waals surface area contributed by atoms with Gasteiger partial charge in [-0.25, -0.2) is 0 Å². The Bertz CT molecular complexity index is 421. The maximum absolute atomic E-state index is 5.56. The van der Waals surface area contributed by atoms with E-state index in [1.165, 1.54) is 0 Å². The van der Waals surface area contributed by atoms with Crippen LogP contribution < -0.4 is 5.73 Å². The van der Waals surface area contributed by atoms with Gasteiger partial charge in [0.15, 0.2) is 0 Å². The second-order valence-corrected chi connectivity index (χ2v) is 4.17. The van der Waals surface area contributed by atoms with Crippen molar-refractivity contribution in [2.75, 3.05) is 0 Å². The Balaban J connectivity index is 2.18. The maximum atomic E-state index is 5.56. The van der Waals surface area contributed by atoms with Crippen LogP contribution in [-0.2, 0) is 13.1 Å². The van der Waals surface area contributed by atoms with E-state index in [-0.39, 0.29) is 0 Å². The molecular formula is C9H10IN3O. The van der Waals surface area contributed by atoms with E-state index in [1.54, 1.807) is 6.26 Å². The molecule has 0 radical (unpaired) electrons. The van der Waals surface area contributed by atoms with E-state index in [0.29, 0.717) is 13.1 Å². The Morgan fingerprint density at radius 3 is 3.07 bits per heavy atom. The molecule has 0 saturated heterocycles. The number of hydrogen-bond acceptors (Lipinski definition) is 3. The molecule has 0 aliphatic carbocycles. The predicted molar refractivity (Wildman–Crippen MR) is 60.6 cm³/mol. The van der Waals surface area contributed by atoms with Crippen LogP contribution in [0.4, 0.5) is 0 Å². The normalized spacial score (nSPS) is 10.7. The van der Waals surface area contributed by atoms with Gasteiger partial charge in [-0.05, 0) is 28.7 Å². The summed E-state index contributed by atoms with van der Waals surface area (Å²) in [4.78, 5) is 0. The average molecular weight is 303 g/mol. The summed E-state index contributed by atoms with van der Waals surface area (Å²) in [7, 11) is 0. The van der Waals surface area contributed by atoms with Gasteiger partial charge in [-0.3, -0.25) is 4.68 Å². The molecule has 2 rings (SSSR count). The van der Waals surface area contributed by atoms with E-state index < -0.39 is 0 Å². The summed E-state index contributed by atoms with van der Waals surface area (Å²) in [6, 6.07) is 1.89. The van der Waals surface area contributed by atoms with Crippen molar-refractivity contribution in [1.29, 1.82) is 0 Å². The highest BCUT2D eigenvalue weighted by atomic mass is 127. The lowest BCUT2D eigenvalue weighted by Gasteiger charge is -2.00. The molecule has 0 aromatic carbocycles. The third-order valence-electron chi connectivity index (χ3n) is 1.96. The molecule has 0 spiro atoms. The Hall–Kier alpha value is -0.820. The zero-order valence-corrected chi connectivity index (χ0v) is 9.64. The molecule has 0 aliphatic heterocycles. The molecule has 0 unspecified atom stereocenters. The molecule has 0 amide bonds. The Labute approximate surface area is 95.2 Å². The molecular weight excluding hydrogens is 293 g/mol. The van der Waals surface area contributed by atoms with Gasteiger partial charge in [0.2, 0.25) is 0 Å². The van der Waals surface area contributed by atoms with Crippen molar-refractivity contribution in [3.05, 3.63) is 39.6 Å². The minimum absolute atomic E-state index is 0.504. The van der Waals surface area contributed by atoms with E-state index in [1.807, 2.05) is 23.1 Å². The van der Waals surface area contributed by atoms with Gasteiger partial charge in [-0.15, -0.1) is 0 Å². The Kier molecular flexibility index (Phi) is 2.87. The summed E-state index contributed by atoms with van der Waals surface area (Å²) in [5.41, 5.74) is 6.60. The Morgan fingerprint density at radius 1 is 1.57 bits per heavy atom. The molecule has 5 heteroatoms. The first kappa shape index (κ1) is 9.72. The molecule has 74 valence electrons. The van der Waals surface area contributed by atoms with Gasteiger partial charge in [-0.1, -0.05) is 0 Å². The maximum Gasteiger partial charge on any atom is 0.129 e. The monoisotopic (exact) mass is 303 g/mol. The number of halogens is 1. The molecule has 0 fully saturated rings. The van der Waals surface area contributed by atoms with Crippen molar-refractivity contribution in [3.8, 4) is 0 Å². The van der Waals surface area contributed by atoms with Crippen LogP contribution in [0.25, 0.3) is 0 Å². The number of furan rings is 1. The topological polar surface area (TPSA) is 57.0 Å². The molecule has 14 heavy (non-hydrogen) atoms. The van der Waals surface area contributed by atoms with E-state index in [9.17, 15) is 0 Å². The van der Waals surface area contributed by atoms with Crippen molar-refractivity contribution in [2.24, 2.45) is 5.73 Å². The smallest absolute Gasteiger partial charge is 0.129 e. The van der Waals surface area contributed by atoms with E-state index in [2.05, 4.69) is 27.7 Å². The molecule has 2 aromatic rings. The lowest BCUT2D eigenvalue weighted by atomic mass is 10.2. The second-order valence-electron chi connectivity index (χ2n) is 2.93. The molecule has 0 aliphatic rings. The van der Waals surface area contributed by atoms with Gasteiger partial charge in [0, 0.05) is 18.3 Å². The largest absolute Gasteiger partial charge is 0.467 e. The van der Waals surface area contributed by atoms with E-state index in [0.717, 1.165) is 14.9 Å². The first-order valence-corrected chi connectivity index (χ1v) is 5.30. The predicted octanol–water partition coefficient (Wildman–Crippen LogP) is 1.59. The highest BCUT2D eigenvalue weighted by Gasteiger charge is 2.05. The zero-order chi connectivity index (χ0) is 9.97. The third-order valence-corrected chi connectivity index (χ3v) is 2.52. The molecule has 0 saturated carbocycles. The van der Waals surface area contributed by atoms with Crippen LogP contribution >= 0.6 is 22.6 Å². The highest BCUT2D eigenvalue weighted by Crippen LogP contribution is 2.12. The van der Waals surface area contributed by atoms with Crippen LogP contribution in [0.2, 0.25) is 0 Å². The fourth-order valence-corrected chi connectivity index (χ4v) is 1.71. The lowest BCUT2D eigenvalue weighted by molar-refractivity contribution is 0.475. The van der Waals surface area contributed by atoms with Crippen LogP contribution in [0.15, 0.2) is 29.1 Å². The first-order valence-electron chi connectivity index (χ1n) is 4.23. The second kappa shape index (κ2) is 4.14. The van der Waals surface area contributed by atoms with Gasteiger partial charge in [-0.2, -0.15) is 5.10 Å².